The van der Waals surface area contributed by atoms with Gasteiger partial charge in [-0.2, -0.15) is 0 Å². The fraction of sp³-hybridized carbons (Fsp3) is 0.500. The third-order valence-corrected chi connectivity index (χ3v) is 5.71. The van der Waals surface area contributed by atoms with Crippen molar-refractivity contribution in [1.29, 1.82) is 0 Å². The molecule has 0 aliphatic carbocycles. The number of carbonyl (C=O) groups is 1. The molecule has 3 aromatic rings. The van der Waals surface area contributed by atoms with E-state index in [1.54, 1.807) is 10.9 Å². The van der Waals surface area contributed by atoms with Crippen LogP contribution in [-0.2, 0) is 24.4 Å². The smallest absolute Gasteiger partial charge is 0.325 e. The van der Waals surface area contributed by atoms with Crippen LogP contribution >= 0.6 is 0 Å². The summed E-state index contributed by atoms with van der Waals surface area (Å²) in [5.74, 6) is 0.0556. The molecule has 2 aromatic heterocycles. The summed E-state index contributed by atoms with van der Waals surface area (Å²) < 4.78 is 4.37. The standard InChI is InChI=1S/C24H33N5O3/c1-6-7-12-28-22-21(27(15-25-22)13-11-16(2)3)23(31)29(24(28)32)14-19(30)26-20-17(4)9-8-10-18(20)5/h8-10,15-16H,6-7,11-14H2,1-5H3,(H,26,30). The van der Waals surface area contributed by atoms with Gasteiger partial charge in [0, 0.05) is 18.8 Å². The average molecular weight is 440 g/mol. The molecule has 0 unspecified atom stereocenters. The minimum atomic E-state index is -0.498. The molecule has 1 aromatic carbocycles. The normalized spacial score (nSPS) is 11.4. The molecule has 172 valence electrons. The predicted molar refractivity (Wildman–Crippen MR) is 127 cm³/mol. The van der Waals surface area contributed by atoms with Gasteiger partial charge in [-0.15, -0.1) is 0 Å². The molecule has 8 nitrogen and oxygen atoms in total. The van der Waals surface area contributed by atoms with E-state index < -0.39 is 17.2 Å². The van der Waals surface area contributed by atoms with E-state index in [0.29, 0.717) is 35.9 Å². The van der Waals surface area contributed by atoms with Crippen LogP contribution in [0.5, 0.6) is 0 Å². The highest BCUT2D eigenvalue weighted by Gasteiger charge is 2.20. The van der Waals surface area contributed by atoms with Gasteiger partial charge in [0.15, 0.2) is 11.2 Å². The number of nitrogens with one attached hydrogen (secondary N) is 1. The van der Waals surface area contributed by atoms with Crippen molar-refractivity contribution in [2.45, 2.75) is 73.5 Å². The second-order valence-corrected chi connectivity index (χ2v) is 8.79. The molecule has 32 heavy (non-hydrogen) atoms. The number of rotatable bonds is 9. The van der Waals surface area contributed by atoms with Crippen molar-refractivity contribution in [1.82, 2.24) is 18.7 Å². The number of amides is 1. The van der Waals surface area contributed by atoms with Gasteiger partial charge in [-0.1, -0.05) is 45.4 Å². The number of benzene rings is 1. The maximum atomic E-state index is 13.3. The van der Waals surface area contributed by atoms with E-state index in [9.17, 15) is 14.4 Å². The maximum absolute atomic E-state index is 13.3. The van der Waals surface area contributed by atoms with Crippen LogP contribution in [0, 0.1) is 19.8 Å². The first-order valence-corrected chi connectivity index (χ1v) is 11.3. The second-order valence-electron chi connectivity index (χ2n) is 8.79. The summed E-state index contributed by atoms with van der Waals surface area (Å²) in [4.78, 5) is 43.8. The molecule has 0 aliphatic rings. The largest absolute Gasteiger partial charge is 0.333 e. The van der Waals surface area contributed by atoms with Crippen LogP contribution in [-0.4, -0.2) is 24.6 Å². The summed E-state index contributed by atoms with van der Waals surface area (Å²) >= 11 is 0. The van der Waals surface area contributed by atoms with E-state index in [1.165, 1.54) is 4.57 Å². The average Bonchev–Trinajstić information content (AvgIpc) is 3.16. The molecule has 0 spiro atoms. The molecule has 2 heterocycles. The Morgan fingerprint density at radius 3 is 2.41 bits per heavy atom. The number of carbonyl (C=O) groups excluding carboxylic acids is 1. The number of aryl methyl sites for hydroxylation is 4. The Kier molecular flexibility index (Phi) is 7.33. The molecule has 0 atom stereocenters. The molecule has 1 amide bonds. The van der Waals surface area contributed by atoms with Crippen molar-refractivity contribution in [3.05, 3.63) is 56.5 Å². The maximum Gasteiger partial charge on any atom is 0.333 e. The van der Waals surface area contributed by atoms with E-state index >= 15 is 0 Å². The quantitative estimate of drug-likeness (QED) is 0.553. The Hall–Kier alpha value is -3.16. The molecule has 0 aliphatic heterocycles. The molecule has 0 saturated heterocycles. The lowest BCUT2D eigenvalue weighted by Crippen LogP contribution is -2.43. The lowest BCUT2D eigenvalue weighted by Gasteiger charge is -2.14. The third kappa shape index (κ3) is 4.84. The molecular weight excluding hydrogens is 406 g/mol. The van der Waals surface area contributed by atoms with Crippen molar-refractivity contribution in [2.75, 3.05) is 5.32 Å². The number of para-hydroxylation sites is 1. The summed E-state index contributed by atoms with van der Waals surface area (Å²) in [6, 6.07) is 5.74. The van der Waals surface area contributed by atoms with Gasteiger partial charge in [0.25, 0.3) is 5.56 Å². The van der Waals surface area contributed by atoms with E-state index in [-0.39, 0.29) is 6.54 Å². The minimum Gasteiger partial charge on any atom is -0.325 e. The zero-order valence-electron chi connectivity index (χ0n) is 19.6. The van der Waals surface area contributed by atoms with Gasteiger partial charge in [0.05, 0.1) is 6.33 Å². The van der Waals surface area contributed by atoms with Crippen LogP contribution in [0.1, 0.15) is 51.2 Å². The minimum absolute atomic E-state index is 0.344. The van der Waals surface area contributed by atoms with Crippen molar-refractivity contribution in [3.63, 3.8) is 0 Å². The summed E-state index contributed by atoms with van der Waals surface area (Å²) in [6.45, 7) is 10.8. The number of hydrogen-bond acceptors (Lipinski definition) is 4. The van der Waals surface area contributed by atoms with Crippen LogP contribution in [0.4, 0.5) is 5.69 Å². The third-order valence-electron chi connectivity index (χ3n) is 5.71. The lowest BCUT2D eigenvalue weighted by atomic mass is 10.1. The number of aromatic nitrogens is 4. The molecule has 3 rings (SSSR count). The molecule has 0 bridgehead atoms. The number of hydrogen-bond donors (Lipinski definition) is 1. The monoisotopic (exact) mass is 439 g/mol. The van der Waals surface area contributed by atoms with E-state index in [2.05, 4.69) is 24.1 Å². The Balaban J connectivity index is 2.05. The van der Waals surface area contributed by atoms with E-state index in [0.717, 1.165) is 35.0 Å². The Morgan fingerprint density at radius 1 is 1.09 bits per heavy atom. The van der Waals surface area contributed by atoms with E-state index in [4.69, 9.17) is 0 Å². The first-order chi connectivity index (χ1) is 15.2. The number of nitrogens with zero attached hydrogens (tertiary/aromatic N) is 4. The van der Waals surface area contributed by atoms with Crippen molar-refractivity contribution in [3.8, 4) is 0 Å². The van der Waals surface area contributed by atoms with Crippen LogP contribution in [0.25, 0.3) is 11.2 Å². The van der Waals surface area contributed by atoms with Gasteiger partial charge in [0.2, 0.25) is 5.91 Å². The Labute approximate surface area is 187 Å². The van der Waals surface area contributed by atoms with Gasteiger partial charge in [-0.3, -0.25) is 14.2 Å². The molecular formula is C24H33N5O3. The number of imidazole rings is 1. The Bertz CT molecular complexity index is 1210. The summed E-state index contributed by atoms with van der Waals surface area (Å²) in [7, 11) is 0. The van der Waals surface area contributed by atoms with E-state index in [1.807, 2.05) is 39.0 Å². The number of unbranched alkanes of at least 4 members (excludes halogenated alkanes) is 1. The summed E-state index contributed by atoms with van der Waals surface area (Å²) in [5.41, 5.74) is 2.35. The molecule has 0 saturated carbocycles. The SMILES string of the molecule is CCCCn1c(=O)n(CC(=O)Nc2c(C)cccc2C)c(=O)c2c1ncn2CCC(C)C. The zero-order chi connectivity index (χ0) is 23.4. The zero-order valence-corrected chi connectivity index (χ0v) is 19.6. The fourth-order valence-corrected chi connectivity index (χ4v) is 3.80. The fourth-order valence-electron chi connectivity index (χ4n) is 3.80. The van der Waals surface area contributed by atoms with Crippen molar-refractivity contribution in [2.24, 2.45) is 5.92 Å². The topological polar surface area (TPSA) is 90.9 Å². The van der Waals surface area contributed by atoms with Gasteiger partial charge in [-0.05, 0) is 43.7 Å². The van der Waals surface area contributed by atoms with Gasteiger partial charge in [-0.25, -0.2) is 14.3 Å². The van der Waals surface area contributed by atoms with Gasteiger partial charge < -0.3 is 9.88 Å². The molecule has 0 radical (unpaired) electrons. The van der Waals surface area contributed by atoms with Crippen LogP contribution in [0.2, 0.25) is 0 Å². The Morgan fingerprint density at radius 2 is 1.78 bits per heavy atom. The highest BCUT2D eigenvalue weighted by atomic mass is 16.2. The molecule has 0 fully saturated rings. The lowest BCUT2D eigenvalue weighted by molar-refractivity contribution is -0.116. The second kappa shape index (κ2) is 9.97. The van der Waals surface area contributed by atoms with Crippen LogP contribution < -0.4 is 16.6 Å². The molecule has 8 heteroatoms. The molecule has 1 N–H and O–H groups in total. The highest BCUT2D eigenvalue weighted by Crippen LogP contribution is 2.19. The first kappa shape index (κ1) is 23.5. The van der Waals surface area contributed by atoms with Gasteiger partial charge >= 0.3 is 5.69 Å². The van der Waals surface area contributed by atoms with Crippen molar-refractivity contribution >= 4 is 22.8 Å². The predicted octanol–water partition coefficient (Wildman–Crippen LogP) is 3.46. The first-order valence-electron chi connectivity index (χ1n) is 11.3. The van der Waals surface area contributed by atoms with Gasteiger partial charge in [0.1, 0.15) is 6.54 Å². The van der Waals surface area contributed by atoms with Crippen LogP contribution in [0.3, 0.4) is 0 Å². The number of fused-ring (bicyclic) bond motifs is 1. The number of anilines is 1. The van der Waals surface area contributed by atoms with Crippen molar-refractivity contribution < 1.29 is 4.79 Å². The summed E-state index contributed by atoms with van der Waals surface area (Å²) in [5, 5.41) is 2.87. The van der Waals surface area contributed by atoms with Crippen LogP contribution in [0.15, 0.2) is 34.1 Å². The highest BCUT2D eigenvalue weighted by molar-refractivity contribution is 5.92. The summed E-state index contributed by atoms with van der Waals surface area (Å²) in [6.07, 6.45) is 4.18.